The highest BCUT2D eigenvalue weighted by atomic mass is 32.2. The van der Waals surface area contributed by atoms with Crippen LogP contribution in [0.1, 0.15) is 0 Å². The van der Waals surface area contributed by atoms with Crippen LogP contribution in [0.5, 0.6) is 0 Å². The molecule has 0 aromatic heterocycles. The predicted octanol–water partition coefficient (Wildman–Crippen LogP) is 2.90. The monoisotopic (exact) mass is 199 g/mol. The molecule has 66 valence electrons. The van der Waals surface area contributed by atoms with Gasteiger partial charge in [0.1, 0.15) is 0 Å². The molecule has 0 bridgehead atoms. The van der Waals surface area contributed by atoms with Crippen molar-refractivity contribution in [2.45, 2.75) is 0 Å². The zero-order valence-corrected chi connectivity index (χ0v) is 8.66. The molecule has 1 rings (SSSR count). The van der Waals surface area contributed by atoms with Crippen molar-refractivity contribution in [2.24, 2.45) is 0 Å². The Morgan fingerprint density at radius 2 is 2.08 bits per heavy atom. The summed E-state index contributed by atoms with van der Waals surface area (Å²) in [6.07, 6.45) is 3.85. The van der Waals surface area contributed by atoms with Gasteiger partial charge in [0.05, 0.1) is 5.03 Å². The Hall–Kier alpha value is -0.280. The molecule has 0 N–H and O–H groups in total. The molecule has 0 unspecified atom stereocenters. The molecule has 12 heavy (non-hydrogen) atoms. The Bertz CT molecular complexity index is 189. The second kappa shape index (κ2) is 5.38. The van der Waals surface area contributed by atoms with Crippen LogP contribution in [0.2, 0.25) is 0 Å². The fourth-order valence-electron chi connectivity index (χ4n) is 0.966. The van der Waals surface area contributed by atoms with E-state index in [0.717, 1.165) is 18.2 Å². The third kappa shape index (κ3) is 2.64. The number of nitrogens with zero attached hydrogens (tertiary/aromatic N) is 1. The van der Waals surface area contributed by atoms with Crippen molar-refractivity contribution in [3.8, 4) is 0 Å². The molecule has 0 fully saturated rings. The molecule has 1 aliphatic heterocycles. The summed E-state index contributed by atoms with van der Waals surface area (Å²) in [6.45, 7) is 9.29. The SMILES string of the molecule is C=CCN(CC=C)C1=CSCS1. The van der Waals surface area contributed by atoms with Gasteiger partial charge in [-0.2, -0.15) is 0 Å². The zero-order valence-electron chi connectivity index (χ0n) is 7.03. The normalized spacial score (nSPS) is 15.5. The van der Waals surface area contributed by atoms with Crippen molar-refractivity contribution < 1.29 is 0 Å². The maximum Gasteiger partial charge on any atom is 0.0785 e. The Kier molecular flexibility index (Phi) is 4.40. The van der Waals surface area contributed by atoms with Crippen molar-refractivity contribution in [1.82, 2.24) is 4.90 Å². The summed E-state index contributed by atoms with van der Waals surface area (Å²) in [4.78, 5) is 2.27. The number of rotatable bonds is 5. The van der Waals surface area contributed by atoms with Gasteiger partial charge in [-0.1, -0.05) is 23.9 Å². The van der Waals surface area contributed by atoms with Gasteiger partial charge in [0.25, 0.3) is 0 Å². The van der Waals surface area contributed by atoms with E-state index in [9.17, 15) is 0 Å². The van der Waals surface area contributed by atoms with E-state index >= 15 is 0 Å². The minimum atomic E-state index is 0.908. The van der Waals surface area contributed by atoms with Crippen LogP contribution >= 0.6 is 23.5 Å². The lowest BCUT2D eigenvalue weighted by atomic mass is 10.5. The zero-order chi connectivity index (χ0) is 8.81. The fourth-order valence-corrected chi connectivity index (χ4v) is 3.09. The quantitative estimate of drug-likeness (QED) is 0.627. The van der Waals surface area contributed by atoms with Gasteiger partial charge in [0.15, 0.2) is 0 Å². The van der Waals surface area contributed by atoms with E-state index in [1.807, 2.05) is 35.7 Å². The van der Waals surface area contributed by atoms with Crippen LogP contribution < -0.4 is 0 Å². The molecule has 0 amide bonds. The van der Waals surface area contributed by atoms with E-state index in [1.54, 1.807) is 0 Å². The Labute approximate surface area is 82.6 Å². The summed E-state index contributed by atoms with van der Waals surface area (Å²) in [5.41, 5.74) is 0. The maximum absolute atomic E-state index is 3.73. The smallest absolute Gasteiger partial charge is 0.0785 e. The largest absolute Gasteiger partial charge is 0.359 e. The minimum Gasteiger partial charge on any atom is -0.359 e. The van der Waals surface area contributed by atoms with Crippen molar-refractivity contribution in [2.75, 3.05) is 18.2 Å². The number of thioether (sulfide) groups is 2. The molecule has 1 heterocycles. The third-order valence-corrected chi connectivity index (χ3v) is 3.70. The van der Waals surface area contributed by atoms with Gasteiger partial charge in [0, 0.05) is 23.6 Å². The van der Waals surface area contributed by atoms with Gasteiger partial charge < -0.3 is 4.90 Å². The van der Waals surface area contributed by atoms with E-state index in [4.69, 9.17) is 0 Å². The number of hydrogen-bond acceptors (Lipinski definition) is 3. The first-order valence-corrected chi connectivity index (χ1v) is 5.83. The van der Waals surface area contributed by atoms with Crippen LogP contribution in [0.25, 0.3) is 0 Å². The maximum atomic E-state index is 3.73. The summed E-state index contributed by atoms with van der Waals surface area (Å²) in [7, 11) is 0. The molecule has 0 spiro atoms. The van der Waals surface area contributed by atoms with E-state index < -0.39 is 0 Å². The second-order valence-electron chi connectivity index (χ2n) is 2.37. The van der Waals surface area contributed by atoms with Gasteiger partial charge >= 0.3 is 0 Å². The Balaban J connectivity index is 2.50. The molecule has 0 saturated carbocycles. The molecular weight excluding hydrogens is 186 g/mol. The average molecular weight is 199 g/mol. The number of hydrogen-bond donors (Lipinski definition) is 0. The van der Waals surface area contributed by atoms with Gasteiger partial charge in [0.2, 0.25) is 0 Å². The van der Waals surface area contributed by atoms with Crippen molar-refractivity contribution >= 4 is 23.5 Å². The average Bonchev–Trinajstić information content (AvgIpc) is 2.56. The Morgan fingerprint density at radius 1 is 1.42 bits per heavy atom. The van der Waals surface area contributed by atoms with Crippen LogP contribution in [0.15, 0.2) is 35.7 Å². The molecule has 0 atom stereocenters. The van der Waals surface area contributed by atoms with Gasteiger partial charge in [-0.25, -0.2) is 0 Å². The summed E-state index contributed by atoms with van der Waals surface area (Å²) < 4.78 is 0. The molecule has 0 aromatic carbocycles. The van der Waals surface area contributed by atoms with E-state index in [1.165, 1.54) is 5.03 Å². The van der Waals surface area contributed by atoms with Crippen molar-refractivity contribution in [3.05, 3.63) is 35.7 Å². The molecular formula is C9H13NS2. The van der Waals surface area contributed by atoms with E-state index in [-0.39, 0.29) is 0 Å². The first-order valence-electron chi connectivity index (χ1n) is 3.79. The minimum absolute atomic E-state index is 0.908. The molecule has 0 aliphatic carbocycles. The Morgan fingerprint density at radius 3 is 2.50 bits per heavy atom. The van der Waals surface area contributed by atoms with E-state index in [2.05, 4.69) is 23.5 Å². The van der Waals surface area contributed by atoms with Crippen LogP contribution in [0.3, 0.4) is 0 Å². The van der Waals surface area contributed by atoms with Crippen molar-refractivity contribution in [3.63, 3.8) is 0 Å². The molecule has 1 nitrogen and oxygen atoms in total. The van der Waals surface area contributed by atoms with Gasteiger partial charge in [-0.15, -0.1) is 24.9 Å². The first kappa shape index (κ1) is 9.81. The summed E-state index contributed by atoms with van der Waals surface area (Å²) in [6, 6.07) is 0. The lowest BCUT2D eigenvalue weighted by Crippen LogP contribution is -2.20. The van der Waals surface area contributed by atoms with E-state index in [0.29, 0.717) is 0 Å². The first-order chi connectivity index (χ1) is 5.88. The van der Waals surface area contributed by atoms with Crippen molar-refractivity contribution in [1.29, 1.82) is 0 Å². The molecule has 0 saturated heterocycles. The highest BCUT2D eigenvalue weighted by molar-refractivity contribution is 8.21. The molecule has 3 heteroatoms. The molecule has 0 radical (unpaired) electrons. The lowest BCUT2D eigenvalue weighted by molar-refractivity contribution is 0.453. The fraction of sp³-hybridized carbons (Fsp3) is 0.333. The van der Waals surface area contributed by atoms with Crippen LogP contribution in [0.4, 0.5) is 0 Å². The summed E-state index contributed by atoms with van der Waals surface area (Å²) >= 11 is 3.74. The highest BCUT2D eigenvalue weighted by Gasteiger charge is 2.11. The second-order valence-corrected chi connectivity index (χ2v) is 4.59. The predicted molar refractivity (Wildman–Crippen MR) is 60.1 cm³/mol. The summed E-state index contributed by atoms with van der Waals surface area (Å²) in [5.74, 6) is 0. The summed E-state index contributed by atoms with van der Waals surface area (Å²) in [5, 5.41) is 4.69. The van der Waals surface area contributed by atoms with Gasteiger partial charge in [-0.05, 0) is 0 Å². The molecule has 0 aromatic rings. The van der Waals surface area contributed by atoms with Crippen LogP contribution in [0, 0.1) is 0 Å². The van der Waals surface area contributed by atoms with Gasteiger partial charge in [-0.3, -0.25) is 0 Å². The van der Waals surface area contributed by atoms with Crippen LogP contribution in [-0.4, -0.2) is 23.1 Å². The molecule has 1 aliphatic rings. The third-order valence-electron chi connectivity index (χ3n) is 1.47. The standard InChI is InChI=1S/C9H13NS2/c1-3-5-10(6-4-2)9-7-11-8-12-9/h3-4,7H,1-2,5-6,8H2. The van der Waals surface area contributed by atoms with Crippen LogP contribution in [-0.2, 0) is 0 Å². The lowest BCUT2D eigenvalue weighted by Gasteiger charge is -2.21. The topological polar surface area (TPSA) is 3.24 Å². The highest BCUT2D eigenvalue weighted by Crippen LogP contribution is 2.33.